The molecule has 0 radical (unpaired) electrons. The molecule has 158 valence electrons. The molecule has 11 heteroatoms. The van der Waals surface area contributed by atoms with Crippen molar-refractivity contribution in [2.75, 3.05) is 5.43 Å². The van der Waals surface area contributed by atoms with Crippen LogP contribution < -0.4 is 15.6 Å². The van der Waals surface area contributed by atoms with Gasteiger partial charge in [-0.05, 0) is 58.6 Å². The molecule has 0 aliphatic heterocycles. The zero-order chi connectivity index (χ0) is 21.2. The lowest BCUT2D eigenvalue weighted by Crippen LogP contribution is -2.47. The Labute approximate surface area is 162 Å². The SMILES string of the molecule is CC(C)(C)S(=O)(=O)N[C@H]1CC[C@H](C(=O)NNc2ccc(C(F)(F)F)cn2)CC1. The van der Waals surface area contributed by atoms with Gasteiger partial charge in [0.25, 0.3) is 0 Å². The van der Waals surface area contributed by atoms with Gasteiger partial charge in [0.05, 0.1) is 10.3 Å². The van der Waals surface area contributed by atoms with Crippen LogP contribution in [0, 0.1) is 5.92 Å². The highest BCUT2D eigenvalue weighted by Gasteiger charge is 2.34. The smallest absolute Gasteiger partial charge is 0.282 e. The number of hydrogen-bond acceptors (Lipinski definition) is 5. The number of anilines is 1. The quantitative estimate of drug-likeness (QED) is 0.634. The maximum Gasteiger partial charge on any atom is 0.417 e. The van der Waals surface area contributed by atoms with E-state index >= 15 is 0 Å². The zero-order valence-electron chi connectivity index (χ0n) is 15.9. The van der Waals surface area contributed by atoms with Gasteiger partial charge in [-0.3, -0.25) is 15.6 Å². The number of pyridine rings is 1. The molecule has 0 unspecified atom stereocenters. The van der Waals surface area contributed by atoms with Crippen molar-refractivity contribution in [3.63, 3.8) is 0 Å². The summed E-state index contributed by atoms with van der Waals surface area (Å²) in [5.41, 5.74) is 4.07. The number of halogens is 3. The van der Waals surface area contributed by atoms with Crippen molar-refractivity contribution < 1.29 is 26.4 Å². The molecular formula is C17H25F3N4O3S. The van der Waals surface area contributed by atoms with Gasteiger partial charge in [-0.25, -0.2) is 18.1 Å². The monoisotopic (exact) mass is 422 g/mol. The number of hydrogen-bond donors (Lipinski definition) is 3. The van der Waals surface area contributed by atoms with Crippen molar-refractivity contribution in [1.82, 2.24) is 15.1 Å². The average Bonchev–Trinajstić information content (AvgIpc) is 2.58. The summed E-state index contributed by atoms with van der Waals surface area (Å²) < 4.78 is 63.7. The van der Waals surface area contributed by atoms with Crippen LogP contribution in [0.15, 0.2) is 18.3 Å². The van der Waals surface area contributed by atoms with Gasteiger partial charge in [0, 0.05) is 18.2 Å². The minimum Gasteiger partial charge on any atom is -0.282 e. The van der Waals surface area contributed by atoms with Gasteiger partial charge in [-0.15, -0.1) is 0 Å². The number of amides is 1. The molecule has 28 heavy (non-hydrogen) atoms. The van der Waals surface area contributed by atoms with E-state index in [-0.39, 0.29) is 23.7 Å². The largest absolute Gasteiger partial charge is 0.417 e. The molecule has 1 aromatic rings. The van der Waals surface area contributed by atoms with E-state index in [2.05, 4.69) is 20.6 Å². The highest BCUT2D eigenvalue weighted by Crippen LogP contribution is 2.29. The highest BCUT2D eigenvalue weighted by molar-refractivity contribution is 7.90. The van der Waals surface area contributed by atoms with Crippen molar-refractivity contribution in [2.24, 2.45) is 5.92 Å². The fraction of sp³-hybridized carbons (Fsp3) is 0.647. The first-order chi connectivity index (χ1) is 12.8. The summed E-state index contributed by atoms with van der Waals surface area (Å²) in [6, 6.07) is 1.78. The second-order valence-corrected chi connectivity index (χ2v) is 10.3. The Bertz CT molecular complexity index is 781. The lowest BCUT2D eigenvalue weighted by molar-refractivity contribution is -0.137. The summed E-state index contributed by atoms with van der Waals surface area (Å²) >= 11 is 0. The summed E-state index contributed by atoms with van der Waals surface area (Å²) in [5.74, 6) is -0.524. The van der Waals surface area contributed by atoms with Crippen molar-refractivity contribution in [3.8, 4) is 0 Å². The third-order valence-corrected chi connectivity index (χ3v) is 6.89. The van der Waals surface area contributed by atoms with Crippen LogP contribution in [0.2, 0.25) is 0 Å². The number of rotatable bonds is 5. The lowest BCUT2D eigenvalue weighted by Gasteiger charge is -2.30. The normalized spacial score (nSPS) is 21.2. The van der Waals surface area contributed by atoms with E-state index in [0.29, 0.717) is 31.9 Å². The molecule has 2 rings (SSSR count). The van der Waals surface area contributed by atoms with Gasteiger partial charge in [0.1, 0.15) is 5.82 Å². The van der Waals surface area contributed by atoms with E-state index in [1.54, 1.807) is 20.8 Å². The number of nitrogens with zero attached hydrogens (tertiary/aromatic N) is 1. The molecule has 3 N–H and O–H groups in total. The average molecular weight is 422 g/mol. The maximum absolute atomic E-state index is 12.5. The van der Waals surface area contributed by atoms with E-state index in [9.17, 15) is 26.4 Å². The lowest BCUT2D eigenvalue weighted by atomic mass is 9.86. The van der Waals surface area contributed by atoms with E-state index in [1.807, 2.05) is 0 Å². The molecule has 1 amide bonds. The zero-order valence-corrected chi connectivity index (χ0v) is 16.7. The van der Waals surface area contributed by atoms with Gasteiger partial charge >= 0.3 is 6.18 Å². The molecule has 7 nitrogen and oxygen atoms in total. The van der Waals surface area contributed by atoms with Gasteiger partial charge < -0.3 is 0 Å². The van der Waals surface area contributed by atoms with Crippen LogP contribution in [0.25, 0.3) is 0 Å². The van der Waals surface area contributed by atoms with E-state index in [4.69, 9.17) is 0 Å². The third kappa shape index (κ3) is 5.81. The van der Waals surface area contributed by atoms with Crippen molar-refractivity contribution in [1.29, 1.82) is 0 Å². The molecule has 1 heterocycles. The van der Waals surface area contributed by atoms with Crippen molar-refractivity contribution in [2.45, 2.75) is 63.4 Å². The van der Waals surface area contributed by atoms with Crippen LogP contribution in [0.4, 0.5) is 19.0 Å². The Morgan fingerprint density at radius 2 is 1.71 bits per heavy atom. The molecular weight excluding hydrogens is 397 g/mol. The van der Waals surface area contributed by atoms with E-state index in [1.165, 1.54) is 0 Å². The second-order valence-electron chi connectivity index (χ2n) is 7.83. The van der Waals surface area contributed by atoms with E-state index in [0.717, 1.165) is 12.1 Å². The maximum atomic E-state index is 12.5. The van der Waals surface area contributed by atoms with Crippen LogP contribution in [0.5, 0.6) is 0 Å². The first-order valence-electron chi connectivity index (χ1n) is 8.90. The standard InChI is InChI=1S/C17H25F3N4O3S/c1-16(2,3)28(26,27)24-13-7-4-11(5-8-13)15(25)23-22-14-9-6-12(10-21-14)17(18,19)20/h6,9-11,13,24H,4-5,7-8H2,1-3H3,(H,21,22)(H,23,25)/t11-,13-. The molecule has 0 spiro atoms. The van der Waals surface area contributed by atoms with Gasteiger partial charge in [0.2, 0.25) is 15.9 Å². The fourth-order valence-electron chi connectivity index (χ4n) is 2.73. The Kier molecular flexibility index (Phi) is 6.59. The Morgan fingerprint density at radius 3 is 2.18 bits per heavy atom. The molecule has 1 aromatic heterocycles. The van der Waals surface area contributed by atoms with Crippen LogP contribution in [-0.2, 0) is 21.0 Å². The molecule has 0 saturated heterocycles. The molecule has 0 bridgehead atoms. The van der Waals surface area contributed by atoms with Crippen LogP contribution in [-0.4, -0.2) is 30.1 Å². The van der Waals surface area contributed by atoms with Crippen LogP contribution in [0.1, 0.15) is 52.0 Å². The second kappa shape index (κ2) is 8.24. The summed E-state index contributed by atoms with van der Waals surface area (Å²) in [6.07, 6.45) is -1.71. The molecule has 0 aromatic carbocycles. The Hall–Kier alpha value is -1.88. The van der Waals surface area contributed by atoms with Crippen molar-refractivity contribution in [3.05, 3.63) is 23.9 Å². The number of carbonyl (C=O) groups excluding carboxylic acids is 1. The number of hydrazine groups is 1. The molecule has 1 fully saturated rings. The predicted octanol–water partition coefficient (Wildman–Crippen LogP) is 2.82. The summed E-state index contributed by atoms with van der Waals surface area (Å²) in [4.78, 5) is 15.8. The van der Waals surface area contributed by atoms with E-state index < -0.39 is 26.5 Å². The topological polar surface area (TPSA) is 100 Å². The van der Waals surface area contributed by atoms with Gasteiger partial charge in [0.15, 0.2) is 0 Å². The summed E-state index contributed by atoms with van der Waals surface area (Å²) in [5, 5.41) is 0. The number of nitrogens with one attached hydrogen (secondary N) is 3. The fourth-order valence-corrected chi connectivity index (χ4v) is 3.76. The molecule has 1 aliphatic rings. The summed E-state index contributed by atoms with van der Waals surface area (Å²) in [6.45, 7) is 4.86. The molecule has 1 aliphatic carbocycles. The molecule has 1 saturated carbocycles. The summed E-state index contributed by atoms with van der Waals surface area (Å²) in [7, 11) is -3.45. The highest BCUT2D eigenvalue weighted by atomic mass is 32.2. The van der Waals surface area contributed by atoms with Gasteiger partial charge in [-0.1, -0.05) is 0 Å². The number of aromatic nitrogens is 1. The Balaban J connectivity index is 1.81. The number of sulfonamides is 1. The van der Waals surface area contributed by atoms with Gasteiger partial charge in [-0.2, -0.15) is 13.2 Å². The first kappa shape index (κ1) is 22.4. The first-order valence-corrected chi connectivity index (χ1v) is 10.4. The number of carbonyl (C=O) groups is 1. The minimum atomic E-state index is -4.47. The van der Waals surface area contributed by atoms with Crippen LogP contribution in [0.3, 0.4) is 0 Å². The van der Waals surface area contributed by atoms with Crippen molar-refractivity contribution >= 4 is 21.7 Å². The van der Waals surface area contributed by atoms with Crippen LogP contribution >= 0.6 is 0 Å². The predicted molar refractivity (Wildman–Crippen MR) is 98.6 cm³/mol. The number of alkyl halides is 3. The third-order valence-electron chi connectivity index (χ3n) is 4.63. The minimum absolute atomic E-state index is 0.0907. The molecule has 0 atom stereocenters. The Morgan fingerprint density at radius 1 is 1.11 bits per heavy atom.